The number of benzene rings is 1. The highest BCUT2D eigenvalue weighted by atomic mass is 35.5. The number of hydrogen-bond donors (Lipinski definition) is 2. The zero-order valence-corrected chi connectivity index (χ0v) is 10.8. The van der Waals surface area contributed by atoms with Gasteiger partial charge in [0, 0.05) is 23.7 Å². The summed E-state index contributed by atoms with van der Waals surface area (Å²) in [4.78, 5) is 11.4. The second-order valence-corrected chi connectivity index (χ2v) is 5.74. The number of rotatable bonds is 5. The molecule has 0 spiro atoms. The molecule has 0 bridgehead atoms. The molecule has 1 aromatic carbocycles. The van der Waals surface area contributed by atoms with E-state index in [0.717, 1.165) is 6.26 Å². The summed E-state index contributed by atoms with van der Waals surface area (Å²) in [7, 11) is -3.25. The van der Waals surface area contributed by atoms with Crippen molar-refractivity contribution in [3.8, 4) is 0 Å². The first-order chi connectivity index (χ1) is 7.87. The maximum atomic E-state index is 11.4. The van der Waals surface area contributed by atoms with Crippen LogP contribution in [-0.4, -0.2) is 27.1 Å². The van der Waals surface area contributed by atoms with Crippen LogP contribution in [0.1, 0.15) is 6.42 Å². The molecular formula is C10H13ClN2O3S. The highest BCUT2D eigenvalue weighted by molar-refractivity contribution is 7.88. The van der Waals surface area contributed by atoms with Crippen molar-refractivity contribution in [1.29, 1.82) is 0 Å². The summed E-state index contributed by atoms with van der Waals surface area (Å²) in [6.45, 7) is 0.0746. The molecule has 1 amide bonds. The first kappa shape index (κ1) is 14.0. The van der Waals surface area contributed by atoms with Crippen LogP contribution in [0.4, 0.5) is 5.69 Å². The standard InChI is InChI=1S/C10H13ClN2O3S/c1-17(15,16)12-6-5-10(14)13-9-4-2-3-8(11)7-9/h2-4,7,12H,5-6H2,1H3,(H,13,14). The van der Waals surface area contributed by atoms with E-state index in [2.05, 4.69) is 10.0 Å². The summed E-state index contributed by atoms with van der Waals surface area (Å²) in [5, 5.41) is 3.14. The van der Waals surface area contributed by atoms with E-state index in [1.807, 2.05) is 0 Å². The molecule has 0 saturated carbocycles. The SMILES string of the molecule is CS(=O)(=O)NCCC(=O)Nc1cccc(Cl)c1. The van der Waals surface area contributed by atoms with E-state index in [0.29, 0.717) is 10.7 Å². The van der Waals surface area contributed by atoms with Crippen LogP contribution >= 0.6 is 11.6 Å². The third-order valence-electron chi connectivity index (χ3n) is 1.82. The summed E-state index contributed by atoms with van der Waals surface area (Å²) in [5.74, 6) is -0.275. The molecule has 0 aromatic heterocycles. The second-order valence-electron chi connectivity index (χ2n) is 3.48. The summed E-state index contributed by atoms with van der Waals surface area (Å²) < 4.78 is 23.7. The first-order valence-electron chi connectivity index (χ1n) is 4.87. The van der Waals surface area contributed by atoms with Crippen molar-refractivity contribution in [2.45, 2.75) is 6.42 Å². The maximum absolute atomic E-state index is 11.4. The van der Waals surface area contributed by atoms with Crippen molar-refractivity contribution in [3.63, 3.8) is 0 Å². The zero-order chi connectivity index (χ0) is 12.9. The Labute approximate surface area is 105 Å². The molecule has 0 atom stereocenters. The zero-order valence-electron chi connectivity index (χ0n) is 9.23. The van der Waals surface area contributed by atoms with E-state index < -0.39 is 10.0 Å². The Morgan fingerprint density at radius 2 is 2.12 bits per heavy atom. The van der Waals surface area contributed by atoms with Gasteiger partial charge in [0.2, 0.25) is 15.9 Å². The summed E-state index contributed by atoms with van der Waals surface area (Å²) >= 11 is 5.75. The number of sulfonamides is 1. The fraction of sp³-hybridized carbons (Fsp3) is 0.300. The molecule has 94 valence electrons. The molecule has 0 heterocycles. The summed E-state index contributed by atoms with van der Waals surface area (Å²) in [6.07, 6.45) is 1.11. The van der Waals surface area contributed by atoms with Gasteiger partial charge in [-0.2, -0.15) is 0 Å². The molecule has 5 nitrogen and oxygen atoms in total. The van der Waals surface area contributed by atoms with Gasteiger partial charge >= 0.3 is 0 Å². The molecule has 17 heavy (non-hydrogen) atoms. The van der Waals surface area contributed by atoms with Gasteiger partial charge in [-0.3, -0.25) is 4.79 Å². The largest absolute Gasteiger partial charge is 0.326 e. The van der Waals surface area contributed by atoms with Crippen LogP contribution in [0.3, 0.4) is 0 Å². The van der Waals surface area contributed by atoms with Crippen molar-refractivity contribution in [1.82, 2.24) is 4.72 Å². The predicted octanol–water partition coefficient (Wildman–Crippen LogP) is 1.22. The van der Waals surface area contributed by atoms with Gasteiger partial charge in [0.15, 0.2) is 0 Å². The molecule has 0 aliphatic rings. The number of nitrogens with one attached hydrogen (secondary N) is 2. The minimum absolute atomic E-state index is 0.0690. The Morgan fingerprint density at radius 1 is 1.41 bits per heavy atom. The molecule has 0 aliphatic carbocycles. The molecule has 0 unspecified atom stereocenters. The van der Waals surface area contributed by atoms with Gasteiger partial charge in [-0.25, -0.2) is 13.1 Å². The van der Waals surface area contributed by atoms with Crippen LogP contribution in [0, 0.1) is 0 Å². The monoisotopic (exact) mass is 276 g/mol. The van der Waals surface area contributed by atoms with Crippen LogP contribution in [0.2, 0.25) is 5.02 Å². The lowest BCUT2D eigenvalue weighted by molar-refractivity contribution is -0.116. The average molecular weight is 277 g/mol. The van der Waals surface area contributed by atoms with Crippen molar-refractivity contribution < 1.29 is 13.2 Å². The van der Waals surface area contributed by atoms with Crippen molar-refractivity contribution in [3.05, 3.63) is 29.3 Å². The Hall–Kier alpha value is -1.11. The normalized spacial score (nSPS) is 11.2. The highest BCUT2D eigenvalue weighted by Crippen LogP contribution is 2.14. The number of anilines is 1. The van der Waals surface area contributed by atoms with Gasteiger partial charge in [-0.05, 0) is 18.2 Å². The van der Waals surface area contributed by atoms with Crippen LogP contribution in [0.15, 0.2) is 24.3 Å². The third kappa shape index (κ3) is 6.25. The quantitative estimate of drug-likeness (QED) is 0.849. The Bertz CT molecular complexity index is 502. The lowest BCUT2D eigenvalue weighted by Gasteiger charge is -2.05. The topological polar surface area (TPSA) is 75.3 Å². The minimum atomic E-state index is -3.25. The van der Waals surface area contributed by atoms with Gasteiger partial charge in [0.25, 0.3) is 0 Å². The number of amides is 1. The summed E-state index contributed by atoms with van der Waals surface area (Å²) in [6, 6.07) is 6.73. The number of carbonyl (C=O) groups excluding carboxylic acids is 1. The van der Waals surface area contributed by atoms with Crippen LogP contribution in [-0.2, 0) is 14.8 Å². The molecule has 0 fully saturated rings. The fourth-order valence-electron chi connectivity index (χ4n) is 1.14. The molecule has 0 aliphatic heterocycles. The molecule has 7 heteroatoms. The van der Waals surface area contributed by atoms with Gasteiger partial charge in [-0.1, -0.05) is 17.7 Å². The number of halogens is 1. The van der Waals surface area contributed by atoms with Crippen LogP contribution in [0.25, 0.3) is 0 Å². The van der Waals surface area contributed by atoms with Gasteiger partial charge in [-0.15, -0.1) is 0 Å². The average Bonchev–Trinajstić information content (AvgIpc) is 2.15. The maximum Gasteiger partial charge on any atom is 0.225 e. The summed E-state index contributed by atoms with van der Waals surface area (Å²) in [5.41, 5.74) is 0.585. The van der Waals surface area contributed by atoms with Gasteiger partial charge in [0.05, 0.1) is 6.26 Å². The lowest BCUT2D eigenvalue weighted by atomic mass is 10.3. The molecule has 2 N–H and O–H groups in total. The van der Waals surface area contributed by atoms with Crippen LogP contribution < -0.4 is 10.0 Å². The molecule has 0 radical (unpaired) electrons. The van der Waals surface area contributed by atoms with E-state index >= 15 is 0 Å². The van der Waals surface area contributed by atoms with Crippen molar-refractivity contribution >= 4 is 33.2 Å². The third-order valence-corrected chi connectivity index (χ3v) is 2.79. The predicted molar refractivity (Wildman–Crippen MR) is 67.5 cm³/mol. The van der Waals surface area contributed by atoms with Crippen molar-refractivity contribution in [2.24, 2.45) is 0 Å². The number of carbonyl (C=O) groups is 1. The molecule has 1 aromatic rings. The first-order valence-corrected chi connectivity index (χ1v) is 7.14. The second kappa shape index (κ2) is 6.00. The molecule has 1 rings (SSSR count). The smallest absolute Gasteiger partial charge is 0.225 e. The van der Waals surface area contributed by atoms with Gasteiger partial charge < -0.3 is 5.32 Å². The fourth-order valence-corrected chi connectivity index (χ4v) is 1.80. The number of hydrogen-bond acceptors (Lipinski definition) is 3. The minimum Gasteiger partial charge on any atom is -0.326 e. The van der Waals surface area contributed by atoms with E-state index in [1.165, 1.54) is 0 Å². The Kier molecular flexibility index (Phi) is 4.92. The molecule has 0 saturated heterocycles. The Balaban J connectivity index is 2.40. The Morgan fingerprint density at radius 3 is 2.71 bits per heavy atom. The molecular weight excluding hydrogens is 264 g/mol. The van der Waals surface area contributed by atoms with Crippen molar-refractivity contribution in [2.75, 3.05) is 18.1 Å². The van der Waals surface area contributed by atoms with E-state index in [9.17, 15) is 13.2 Å². The van der Waals surface area contributed by atoms with E-state index in [4.69, 9.17) is 11.6 Å². The van der Waals surface area contributed by atoms with Crippen LogP contribution in [0.5, 0.6) is 0 Å². The van der Waals surface area contributed by atoms with Gasteiger partial charge in [0.1, 0.15) is 0 Å². The lowest BCUT2D eigenvalue weighted by Crippen LogP contribution is -2.26. The highest BCUT2D eigenvalue weighted by Gasteiger charge is 2.05. The van der Waals surface area contributed by atoms with E-state index in [-0.39, 0.29) is 18.9 Å². The van der Waals surface area contributed by atoms with E-state index in [1.54, 1.807) is 24.3 Å².